The van der Waals surface area contributed by atoms with Crippen molar-refractivity contribution in [2.24, 2.45) is 0 Å². The van der Waals surface area contributed by atoms with Gasteiger partial charge in [0.15, 0.2) is 15.0 Å². The maximum Gasteiger partial charge on any atom is 0.343 e. The first kappa shape index (κ1) is 18.1. The molecule has 0 bridgehead atoms. The predicted octanol–water partition coefficient (Wildman–Crippen LogP) is 0.108. The van der Waals surface area contributed by atoms with Crippen LogP contribution < -0.4 is 5.69 Å². The number of hydrogen-bond acceptors (Lipinski definition) is 6. The van der Waals surface area contributed by atoms with Crippen LogP contribution in [0, 0.1) is 0 Å². The third kappa shape index (κ3) is 4.17. The van der Waals surface area contributed by atoms with Crippen LogP contribution in [0.1, 0.15) is 26.7 Å². The molecule has 1 saturated heterocycles. The first-order valence-corrected chi connectivity index (χ1v) is 10.2. The summed E-state index contributed by atoms with van der Waals surface area (Å²) in [6, 6.07) is -0.271. The number of nitrogens with zero attached hydrogens (tertiary/aromatic N) is 3. The molecule has 1 N–H and O–H groups in total. The molecule has 23 heavy (non-hydrogen) atoms. The highest BCUT2D eigenvalue weighted by Gasteiger charge is 2.34. The lowest BCUT2D eigenvalue weighted by atomic mass is 10.2. The van der Waals surface area contributed by atoms with E-state index in [0.29, 0.717) is 18.1 Å². The normalized spacial score (nSPS) is 21.3. The molecule has 0 spiro atoms. The molecule has 1 aromatic heterocycles. The molecule has 0 saturated carbocycles. The Morgan fingerprint density at radius 2 is 2.26 bits per heavy atom. The van der Waals surface area contributed by atoms with E-state index in [-0.39, 0.29) is 29.1 Å². The van der Waals surface area contributed by atoms with Gasteiger partial charge in [0.2, 0.25) is 5.91 Å². The third-order valence-corrected chi connectivity index (χ3v) is 6.73. The Kier molecular flexibility index (Phi) is 5.56. The molecular weight excluding hydrogens is 340 g/mol. The largest absolute Gasteiger partial charge is 0.343 e. The summed E-state index contributed by atoms with van der Waals surface area (Å²) >= 11 is 1.21. The lowest BCUT2D eigenvalue weighted by molar-refractivity contribution is -0.130. The number of thioether (sulfide) groups is 1. The van der Waals surface area contributed by atoms with E-state index in [1.54, 1.807) is 14.0 Å². The van der Waals surface area contributed by atoms with Crippen molar-refractivity contribution in [2.75, 3.05) is 18.6 Å². The van der Waals surface area contributed by atoms with E-state index in [2.05, 4.69) is 10.2 Å². The Bertz CT molecular complexity index is 725. The Labute approximate surface area is 139 Å². The number of aromatic amines is 1. The third-order valence-electron chi connectivity index (χ3n) is 3.90. The lowest BCUT2D eigenvalue weighted by Gasteiger charge is -2.26. The van der Waals surface area contributed by atoms with Gasteiger partial charge in [0.1, 0.15) is 0 Å². The van der Waals surface area contributed by atoms with Crippen molar-refractivity contribution in [1.29, 1.82) is 0 Å². The van der Waals surface area contributed by atoms with Crippen LogP contribution in [-0.4, -0.2) is 63.8 Å². The van der Waals surface area contributed by atoms with E-state index >= 15 is 0 Å². The highest BCUT2D eigenvalue weighted by atomic mass is 32.2. The summed E-state index contributed by atoms with van der Waals surface area (Å²) in [4.78, 5) is 25.7. The second-order valence-corrected chi connectivity index (χ2v) is 9.27. The van der Waals surface area contributed by atoms with Crippen molar-refractivity contribution in [3.8, 4) is 0 Å². The Balaban J connectivity index is 2.04. The molecular formula is C13H22N4O4S2. The molecule has 1 fully saturated rings. The number of amides is 1. The first-order valence-electron chi connectivity index (χ1n) is 7.54. The zero-order valence-corrected chi connectivity index (χ0v) is 15.1. The van der Waals surface area contributed by atoms with Crippen molar-refractivity contribution in [1.82, 2.24) is 19.7 Å². The maximum atomic E-state index is 12.5. The lowest BCUT2D eigenvalue weighted by Crippen LogP contribution is -2.41. The fourth-order valence-corrected chi connectivity index (χ4v) is 5.33. The average molecular weight is 362 g/mol. The van der Waals surface area contributed by atoms with Gasteiger partial charge in [0.25, 0.3) is 0 Å². The summed E-state index contributed by atoms with van der Waals surface area (Å²) in [5, 5.41) is 6.38. The van der Waals surface area contributed by atoms with E-state index in [1.807, 2.05) is 6.92 Å². The number of rotatable bonds is 6. The van der Waals surface area contributed by atoms with Crippen LogP contribution in [0.2, 0.25) is 0 Å². The minimum Gasteiger partial charge on any atom is -0.341 e. The monoisotopic (exact) mass is 362 g/mol. The van der Waals surface area contributed by atoms with Gasteiger partial charge in [-0.25, -0.2) is 18.3 Å². The zero-order valence-electron chi connectivity index (χ0n) is 13.5. The second-order valence-electron chi connectivity index (χ2n) is 5.73. The van der Waals surface area contributed by atoms with Crippen LogP contribution in [0.15, 0.2) is 9.95 Å². The quantitative estimate of drug-likeness (QED) is 0.720. The molecule has 2 rings (SSSR count). The number of hydrogen-bond donors (Lipinski definition) is 1. The number of sulfone groups is 1. The highest BCUT2D eigenvalue weighted by molar-refractivity contribution is 8.00. The van der Waals surface area contributed by atoms with E-state index in [0.717, 1.165) is 6.42 Å². The molecule has 0 radical (unpaired) electrons. The summed E-state index contributed by atoms with van der Waals surface area (Å²) in [6.45, 7) is 4.23. The SMILES string of the molecule is CCCn1c(S[C@H](C)C(=O)N(C)[C@H]2CCS(=O)(=O)C2)n[nH]c1=O. The van der Waals surface area contributed by atoms with Crippen molar-refractivity contribution in [3.05, 3.63) is 10.5 Å². The van der Waals surface area contributed by atoms with Gasteiger partial charge < -0.3 is 4.90 Å². The summed E-state index contributed by atoms with van der Waals surface area (Å²) in [6.07, 6.45) is 1.26. The van der Waals surface area contributed by atoms with E-state index in [9.17, 15) is 18.0 Å². The van der Waals surface area contributed by atoms with Gasteiger partial charge in [-0.2, -0.15) is 0 Å². The number of aromatic nitrogens is 3. The highest BCUT2D eigenvalue weighted by Crippen LogP contribution is 2.24. The molecule has 0 aromatic carbocycles. The van der Waals surface area contributed by atoms with E-state index in [1.165, 1.54) is 21.2 Å². The summed E-state index contributed by atoms with van der Waals surface area (Å²) in [5.41, 5.74) is -0.288. The predicted molar refractivity (Wildman–Crippen MR) is 88.3 cm³/mol. The smallest absolute Gasteiger partial charge is 0.341 e. The van der Waals surface area contributed by atoms with Gasteiger partial charge >= 0.3 is 5.69 Å². The zero-order chi connectivity index (χ0) is 17.2. The Morgan fingerprint density at radius 3 is 2.83 bits per heavy atom. The first-order chi connectivity index (χ1) is 10.7. The van der Waals surface area contributed by atoms with Crippen LogP contribution in [0.4, 0.5) is 0 Å². The fraction of sp³-hybridized carbons (Fsp3) is 0.769. The minimum absolute atomic E-state index is 0.0234. The fourth-order valence-electron chi connectivity index (χ4n) is 2.57. The minimum atomic E-state index is -3.03. The number of nitrogens with one attached hydrogen (secondary N) is 1. The molecule has 1 aliphatic rings. The van der Waals surface area contributed by atoms with Gasteiger partial charge in [-0.3, -0.25) is 9.36 Å². The number of carbonyl (C=O) groups excluding carboxylic acids is 1. The Morgan fingerprint density at radius 1 is 1.57 bits per heavy atom. The molecule has 1 amide bonds. The van der Waals surface area contributed by atoms with Crippen LogP contribution in [-0.2, 0) is 21.2 Å². The van der Waals surface area contributed by atoms with Crippen molar-refractivity contribution < 1.29 is 13.2 Å². The molecule has 8 nitrogen and oxygen atoms in total. The molecule has 10 heteroatoms. The van der Waals surface area contributed by atoms with Gasteiger partial charge in [-0.05, 0) is 19.8 Å². The molecule has 1 aliphatic heterocycles. The molecule has 2 heterocycles. The summed E-state index contributed by atoms with van der Waals surface area (Å²) in [5.74, 6) is -0.00230. The van der Waals surface area contributed by atoms with Gasteiger partial charge in [-0.1, -0.05) is 18.7 Å². The average Bonchev–Trinajstić information content (AvgIpc) is 3.02. The van der Waals surface area contributed by atoms with Gasteiger partial charge in [-0.15, -0.1) is 5.10 Å². The van der Waals surface area contributed by atoms with Crippen LogP contribution in [0.25, 0.3) is 0 Å². The number of carbonyl (C=O) groups is 1. The van der Waals surface area contributed by atoms with Crippen LogP contribution in [0.3, 0.4) is 0 Å². The van der Waals surface area contributed by atoms with Crippen molar-refractivity contribution in [3.63, 3.8) is 0 Å². The summed E-state index contributed by atoms with van der Waals surface area (Å²) < 4.78 is 24.6. The van der Waals surface area contributed by atoms with E-state index in [4.69, 9.17) is 0 Å². The van der Waals surface area contributed by atoms with Crippen molar-refractivity contribution in [2.45, 2.75) is 49.7 Å². The molecule has 2 atom stereocenters. The molecule has 0 aliphatic carbocycles. The van der Waals surface area contributed by atoms with Crippen molar-refractivity contribution >= 4 is 27.5 Å². The molecule has 0 unspecified atom stereocenters. The Hall–Kier alpha value is -1.29. The summed E-state index contributed by atoms with van der Waals surface area (Å²) in [7, 11) is -1.40. The number of H-pyrrole nitrogens is 1. The molecule has 1 aromatic rings. The standard InChI is InChI=1S/C13H22N4O4S2/c1-4-6-17-12(19)14-15-13(17)22-9(2)11(18)16(3)10-5-7-23(20,21)8-10/h9-10H,4-8H2,1-3H3,(H,14,19)/t9-,10+/m1/s1. The second kappa shape index (κ2) is 7.08. The van der Waals surface area contributed by atoms with E-state index < -0.39 is 15.1 Å². The molecule has 130 valence electrons. The van der Waals surface area contributed by atoms with Crippen LogP contribution >= 0.6 is 11.8 Å². The van der Waals surface area contributed by atoms with Gasteiger partial charge in [0, 0.05) is 19.6 Å². The van der Waals surface area contributed by atoms with Crippen LogP contribution in [0.5, 0.6) is 0 Å². The maximum absolute atomic E-state index is 12.5. The van der Waals surface area contributed by atoms with Gasteiger partial charge in [0.05, 0.1) is 16.8 Å². The topological polar surface area (TPSA) is 105 Å².